The summed E-state index contributed by atoms with van der Waals surface area (Å²) in [7, 11) is 0. The van der Waals surface area contributed by atoms with Gasteiger partial charge in [0.05, 0.1) is 5.69 Å². The van der Waals surface area contributed by atoms with Gasteiger partial charge in [0.25, 0.3) is 0 Å². The number of carbonyl (C=O) groups excluding carboxylic acids is 1. The Kier molecular flexibility index (Phi) is 6.76. The zero-order valence-corrected chi connectivity index (χ0v) is 16.9. The van der Waals surface area contributed by atoms with Gasteiger partial charge in [-0.1, -0.05) is 36.4 Å². The van der Waals surface area contributed by atoms with Crippen molar-refractivity contribution < 1.29 is 9.18 Å². The summed E-state index contributed by atoms with van der Waals surface area (Å²) in [6.07, 6.45) is 1.83. The van der Waals surface area contributed by atoms with E-state index in [1.807, 2.05) is 12.3 Å². The van der Waals surface area contributed by atoms with Crippen LogP contribution in [0.1, 0.15) is 31.4 Å². The summed E-state index contributed by atoms with van der Waals surface area (Å²) in [5, 5.41) is 9.06. The maximum Gasteiger partial charge on any atom is 0.217 e. The zero-order chi connectivity index (χ0) is 19.9. The number of hydrogen-bond donors (Lipinski definition) is 2. The number of carbonyl (C=O) groups is 1. The largest absolute Gasteiger partial charge is 0.357 e. The van der Waals surface area contributed by atoms with Crippen LogP contribution in [0.25, 0.3) is 11.3 Å². The van der Waals surface area contributed by atoms with Gasteiger partial charge in [0, 0.05) is 30.5 Å². The molecule has 146 valence electrons. The van der Waals surface area contributed by atoms with Gasteiger partial charge in [0.15, 0.2) is 5.13 Å². The topological polar surface area (TPSA) is 54.0 Å². The number of nitrogens with one attached hydrogen (secondary N) is 2. The van der Waals surface area contributed by atoms with E-state index in [-0.39, 0.29) is 17.8 Å². The lowest BCUT2D eigenvalue weighted by atomic mass is 10.0. The Morgan fingerprint density at radius 3 is 2.46 bits per heavy atom. The van der Waals surface area contributed by atoms with E-state index in [0.717, 1.165) is 34.8 Å². The molecule has 2 aromatic carbocycles. The number of rotatable bonds is 8. The van der Waals surface area contributed by atoms with Crippen molar-refractivity contribution in [1.29, 1.82) is 0 Å². The molecule has 0 spiro atoms. The summed E-state index contributed by atoms with van der Waals surface area (Å²) in [6.45, 7) is 4.17. The van der Waals surface area contributed by atoms with Gasteiger partial charge in [0.2, 0.25) is 5.91 Å². The number of thiazole rings is 1. The second-order valence-electron chi connectivity index (χ2n) is 6.86. The summed E-state index contributed by atoms with van der Waals surface area (Å²) >= 11 is 1.55. The fraction of sp³-hybridized carbons (Fsp3) is 0.273. The van der Waals surface area contributed by atoms with Crippen LogP contribution in [0.15, 0.2) is 53.9 Å². The third kappa shape index (κ3) is 5.89. The lowest BCUT2D eigenvalue weighted by molar-refractivity contribution is -0.119. The smallest absolute Gasteiger partial charge is 0.217 e. The third-order valence-corrected chi connectivity index (χ3v) is 5.23. The van der Waals surface area contributed by atoms with Crippen LogP contribution in [-0.4, -0.2) is 16.9 Å². The summed E-state index contributed by atoms with van der Waals surface area (Å²) in [6, 6.07) is 15.0. The minimum Gasteiger partial charge on any atom is -0.357 e. The Balaban J connectivity index is 1.54. The van der Waals surface area contributed by atoms with Crippen LogP contribution in [0.4, 0.5) is 9.52 Å². The number of nitrogens with zero attached hydrogens (tertiary/aromatic N) is 1. The van der Waals surface area contributed by atoms with Gasteiger partial charge in [-0.2, -0.15) is 0 Å². The normalized spacial score (nSPS) is 11.8. The molecule has 3 aromatic rings. The number of amides is 1. The van der Waals surface area contributed by atoms with Gasteiger partial charge in [-0.3, -0.25) is 4.79 Å². The Bertz CT molecular complexity index is 906. The number of aromatic nitrogens is 1. The maximum absolute atomic E-state index is 13.0. The van der Waals surface area contributed by atoms with E-state index in [9.17, 15) is 9.18 Å². The van der Waals surface area contributed by atoms with Crippen molar-refractivity contribution in [3.8, 4) is 11.3 Å². The highest BCUT2D eigenvalue weighted by molar-refractivity contribution is 7.14. The average molecular weight is 398 g/mol. The minimum atomic E-state index is -0.228. The molecule has 0 fully saturated rings. The molecule has 2 N–H and O–H groups in total. The highest BCUT2D eigenvalue weighted by Gasteiger charge is 2.07. The number of anilines is 1. The van der Waals surface area contributed by atoms with Crippen LogP contribution in [0.5, 0.6) is 0 Å². The van der Waals surface area contributed by atoms with Crippen LogP contribution in [0.2, 0.25) is 0 Å². The van der Waals surface area contributed by atoms with Crippen molar-refractivity contribution in [1.82, 2.24) is 10.3 Å². The molecule has 0 unspecified atom stereocenters. The molecule has 3 rings (SSSR count). The number of halogens is 1. The fourth-order valence-electron chi connectivity index (χ4n) is 2.91. The molecular formula is C22H24FN3OS. The van der Waals surface area contributed by atoms with Crippen molar-refractivity contribution >= 4 is 22.4 Å². The summed E-state index contributed by atoms with van der Waals surface area (Å²) in [5.41, 5.74) is 4.26. The summed E-state index contributed by atoms with van der Waals surface area (Å²) in [5.74, 6) is -0.219. The number of aryl methyl sites for hydroxylation is 1. The first kappa shape index (κ1) is 20.0. The summed E-state index contributed by atoms with van der Waals surface area (Å²) in [4.78, 5) is 15.7. The SMILES string of the molecule is CC(=O)N[C@H](C)CCc1ccc(-c2csc(NCc3ccc(F)cc3)n2)cc1. The van der Waals surface area contributed by atoms with Crippen LogP contribution in [0, 0.1) is 5.82 Å². The molecule has 1 atom stereocenters. The second kappa shape index (κ2) is 9.46. The van der Waals surface area contributed by atoms with Crippen molar-refractivity contribution in [3.63, 3.8) is 0 Å². The molecule has 0 saturated heterocycles. The van der Waals surface area contributed by atoms with Gasteiger partial charge in [-0.25, -0.2) is 9.37 Å². The van der Waals surface area contributed by atoms with E-state index in [1.165, 1.54) is 17.7 Å². The standard InChI is InChI=1S/C22H24FN3OS/c1-15(25-16(2)27)3-4-17-5-9-19(10-6-17)21-14-28-22(26-21)24-13-18-7-11-20(23)12-8-18/h5-12,14-15H,3-4,13H2,1-2H3,(H,24,26)(H,25,27)/t15-/m1/s1. The zero-order valence-electron chi connectivity index (χ0n) is 16.0. The van der Waals surface area contributed by atoms with E-state index in [4.69, 9.17) is 0 Å². The van der Waals surface area contributed by atoms with Crippen molar-refractivity contribution in [2.24, 2.45) is 0 Å². The number of hydrogen-bond acceptors (Lipinski definition) is 4. The van der Waals surface area contributed by atoms with Crippen LogP contribution < -0.4 is 10.6 Å². The molecular weight excluding hydrogens is 373 g/mol. The Morgan fingerprint density at radius 1 is 1.11 bits per heavy atom. The van der Waals surface area contributed by atoms with Crippen molar-refractivity contribution in [2.75, 3.05) is 5.32 Å². The summed E-state index contributed by atoms with van der Waals surface area (Å²) < 4.78 is 13.0. The molecule has 0 aliphatic heterocycles. The maximum atomic E-state index is 13.0. The third-order valence-electron chi connectivity index (χ3n) is 4.43. The second-order valence-corrected chi connectivity index (χ2v) is 7.71. The van der Waals surface area contributed by atoms with E-state index in [0.29, 0.717) is 6.54 Å². The molecule has 0 bridgehead atoms. The van der Waals surface area contributed by atoms with E-state index >= 15 is 0 Å². The predicted octanol–water partition coefficient (Wildman–Crippen LogP) is 5.02. The average Bonchev–Trinajstić information content (AvgIpc) is 3.15. The molecule has 0 saturated carbocycles. The molecule has 6 heteroatoms. The highest BCUT2D eigenvalue weighted by Crippen LogP contribution is 2.25. The monoisotopic (exact) mass is 397 g/mol. The van der Waals surface area contributed by atoms with Crippen LogP contribution in [-0.2, 0) is 17.8 Å². The van der Waals surface area contributed by atoms with Gasteiger partial charge in [0.1, 0.15) is 5.82 Å². The molecule has 0 radical (unpaired) electrons. The predicted molar refractivity (Wildman–Crippen MR) is 113 cm³/mol. The molecule has 1 heterocycles. The van der Waals surface area contributed by atoms with Gasteiger partial charge in [-0.05, 0) is 43.0 Å². The van der Waals surface area contributed by atoms with E-state index in [1.54, 1.807) is 30.4 Å². The van der Waals surface area contributed by atoms with Gasteiger partial charge >= 0.3 is 0 Å². The van der Waals surface area contributed by atoms with Crippen LogP contribution >= 0.6 is 11.3 Å². The quantitative estimate of drug-likeness (QED) is 0.561. The fourth-order valence-corrected chi connectivity index (χ4v) is 3.63. The van der Waals surface area contributed by atoms with E-state index in [2.05, 4.69) is 39.9 Å². The van der Waals surface area contributed by atoms with Gasteiger partial charge < -0.3 is 10.6 Å². The molecule has 1 aromatic heterocycles. The van der Waals surface area contributed by atoms with Crippen molar-refractivity contribution in [3.05, 3.63) is 70.9 Å². The first-order valence-corrected chi connectivity index (χ1v) is 10.2. The van der Waals surface area contributed by atoms with Gasteiger partial charge in [-0.15, -0.1) is 11.3 Å². The Hall–Kier alpha value is -2.73. The van der Waals surface area contributed by atoms with Crippen LogP contribution in [0.3, 0.4) is 0 Å². The first-order valence-electron chi connectivity index (χ1n) is 9.30. The minimum absolute atomic E-state index is 0.00946. The Morgan fingerprint density at radius 2 is 1.79 bits per heavy atom. The van der Waals surface area contributed by atoms with E-state index < -0.39 is 0 Å². The molecule has 1 amide bonds. The molecule has 28 heavy (non-hydrogen) atoms. The van der Waals surface area contributed by atoms with Crippen molar-refractivity contribution in [2.45, 2.75) is 39.3 Å². The lowest BCUT2D eigenvalue weighted by Crippen LogP contribution is -2.30. The first-order chi connectivity index (χ1) is 13.5. The molecule has 4 nitrogen and oxygen atoms in total. The highest BCUT2D eigenvalue weighted by atomic mass is 32.1. The Labute approximate surface area is 168 Å². The molecule has 0 aliphatic rings. The lowest BCUT2D eigenvalue weighted by Gasteiger charge is -2.12. The number of benzene rings is 2. The molecule has 0 aliphatic carbocycles.